The lowest BCUT2D eigenvalue weighted by molar-refractivity contribution is -0.147. The molecule has 2 aromatic rings. The molecule has 1 unspecified atom stereocenters. The number of nitrogens with two attached hydrogens (primary N) is 3. The average molecular weight is 1430 g/mol. The number of nitrogens with one attached hydrogen (secondary N) is 10. The van der Waals surface area contributed by atoms with Gasteiger partial charge in [-0.1, -0.05) is 110 Å². The van der Waals surface area contributed by atoms with Crippen molar-refractivity contribution in [3.63, 3.8) is 0 Å². The van der Waals surface area contributed by atoms with E-state index in [1.807, 2.05) is 25.0 Å². The molecule has 0 aliphatic heterocycles. The number of aliphatic hydroxyl groups excluding tert-OH is 4. The molecule has 34 nitrogen and oxygen atoms in total. The molecule has 20 N–H and O–H groups in total. The van der Waals surface area contributed by atoms with E-state index < -0.39 is 183 Å². The molecule has 0 bridgehead atoms. The number of esters is 1. The van der Waals surface area contributed by atoms with Gasteiger partial charge in [-0.15, -0.1) is 0 Å². The number of rotatable bonds is 41. The zero-order valence-corrected chi connectivity index (χ0v) is 60.4. The van der Waals surface area contributed by atoms with Gasteiger partial charge in [0.25, 0.3) is 0 Å². The van der Waals surface area contributed by atoms with Crippen molar-refractivity contribution in [2.45, 2.75) is 206 Å². The number of aliphatic imine (C=N–C) groups is 1. The number of benzene rings is 2. The van der Waals surface area contributed by atoms with Crippen molar-refractivity contribution in [3.8, 4) is 5.75 Å². The lowest BCUT2D eigenvalue weighted by Crippen LogP contribution is -2.63. The minimum Gasteiger partial charge on any atom is -0.497 e. The average Bonchev–Trinajstić information content (AvgIpc) is 0.823. The van der Waals surface area contributed by atoms with Gasteiger partial charge in [0.2, 0.25) is 53.2 Å². The second-order valence-electron chi connectivity index (χ2n) is 26.9. The standard InChI is InChI=1S/C65H106N14O20Si/c1-15-36(6)45(75-54(86)41(22-19-27-69-62(67)68)71-55(87)42(30-34(2)3)72-59(91)49(51(83)35(4)5)79-64(95)99-65(8,9)10)58(90)76-46(37(7)81)57(89)70-31-44(82)74-50(52(84)53(66)85)60(92)73-43(32-80)56(88)77-47(39-23-25-40(96-11)26-24-39)48(61(93)97-28-29-100(12,13)14)78-63(94)98-33-38-20-17-16-18-21-38/h16-18,20-21,23-26,34-37,41-43,45-52,80-81,83-84H,15,19,22,27-33H2,1-14H3,(H2,66,85)(H,70,89)(H,71,87)(H,72,91)(H,73,92)(H,74,82)(H,75,86)(H,76,90)(H,77,88)(H,78,94)(H,79,95)(H4,67,68,69)/t36-,37-,41+,42-,43-,45?,46-,47-,48+,49-,50-,51+,52-/m0/s1. The second kappa shape index (κ2) is 42.0. The topological polar surface area (TPSA) is 533 Å². The smallest absolute Gasteiger partial charge is 0.408 e. The number of guanidine groups is 1. The maximum absolute atomic E-state index is 14.4. The highest BCUT2D eigenvalue weighted by atomic mass is 28.3. The quantitative estimate of drug-likeness (QED) is 0.00884. The van der Waals surface area contributed by atoms with Crippen LogP contribution in [0.4, 0.5) is 9.59 Å². The van der Waals surface area contributed by atoms with E-state index in [1.165, 1.54) is 31.4 Å². The number of nitrogens with zero attached hydrogens (tertiary/aromatic N) is 1. The summed E-state index contributed by atoms with van der Waals surface area (Å²) in [6.45, 7) is 19.3. The van der Waals surface area contributed by atoms with Gasteiger partial charge >= 0.3 is 18.2 Å². The van der Waals surface area contributed by atoms with Crippen molar-refractivity contribution in [2.75, 3.05) is 33.4 Å². The Balaban J connectivity index is 2.44. The molecule has 0 aromatic heterocycles. The number of carbonyl (C=O) groups is 12. The molecule has 0 radical (unpaired) electrons. The summed E-state index contributed by atoms with van der Waals surface area (Å²) in [5, 5.41) is 67.2. The number of primary amides is 1. The third kappa shape index (κ3) is 31.3. The van der Waals surface area contributed by atoms with Crippen molar-refractivity contribution < 1.29 is 96.9 Å². The van der Waals surface area contributed by atoms with E-state index in [4.69, 9.17) is 36.1 Å². The highest BCUT2D eigenvalue weighted by Gasteiger charge is 2.41. The molecule has 11 amide bonds. The second-order valence-corrected chi connectivity index (χ2v) is 32.6. The minimum atomic E-state index is -2.54. The Labute approximate surface area is 583 Å². The Hall–Kier alpha value is -9.19. The van der Waals surface area contributed by atoms with Crippen LogP contribution in [0, 0.1) is 17.8 Å². The summed E-state index contributed by atoms with van der Waals surface area (Å²) in [5.74, 6) is -13.1. The van der Waals surface area contributed by atoms with Crippen LogP contribution >= 0.6 is 0 Å². The first-order valence-electron chi connectivity index (χ1n) is 32.8. The van der Waals surface area contributed by atoms with Crippen LogP contribution in [0.25, 0.3) is 0 Å². The molecule has 0 saturated heterocycles. The highest BCUT2D eigenvalue weighted by molar-refractivity contribution is 6.76. The zero-order valence-electron chi connectivity index (χ0n) is 59.4. The Morgan fingerprint density at radius 1 is 0.610 bits per heavy atom. The molecule has 100 heavy (non-hydrogen) atoms. The fraction of sp³-hybridized carbons (Fsp3) is 0.615. The van der Waals surface area contributed by atoms with E-state index in [1.54, 1.807) is 92.6 Å². The summed E-state index contributed by atoms with van der Waals surface area (Å²) in [6, 6.07) is -0.589. The van der Waals surface area contributed by atoms with Crippen LogP contribution < -0.4 is 75.1 Å². The molecular formula is C65H106N14O20Si. The molecule has 0 fully saturated rings. The van der Waals surface area contributed by atoms with Crippen LogP contribution in [-0.4, -0.2) is 211 Å². The molecule has 0 saturated carbocycles. The van der Waals surface area contributed by atoms with Crippen molar-refractivity contribution >= 4 is 85.4 Å². The highest BCUT2D eigenvalue weighted by Crippen LogP contribution is 2.24. The van der Waals surface area contributed by atoms with Gasteiger partial charge in [0.05, 0.1) is 45.1 Å². The summed E-state index contributed by atoms with van der Waals surface area (Å²) in [7, 11) is -0.418. The van der Waals surface area contributed by atoms with Crippen LogP contribution in [-0.2, 0) is 68.8 Å². The van der Waals surface area contributed by atoms with Gasteiger partial charge < -0.3 is 110 Å². The van der Waals surface area contributed by atoms with Gasteiger partial charge in [0, 0.05) is 14.6 Å². The predicted octanol–water partition coefficient (Wildman–Crippen LogP) is -1.67. The molecule has 2 rings (SSSR count). The van der Waals surface area contributed by atoms with Gasteiger partial charge in [0.1, 0.15) is 60.3 Å². The summed E-state index contributed by atoms with van der Waals surface area (Å²) < 4.78 is 21.7. The third-order valence-electron chi connectivity index (χ3n) is 15.1. The SMILES string of the molecule is CC[C@H](C)C(NC(=O)[C@@H](CCCN=C(N)N)NC(=O)[C@H](CC(C)C)NC(=O)[C@@H](NC(=O)OC(C)(C)C)[C@H](O)C(C)C)C(=O)N[C@H](C(=O)NCC(=O)N[C@H](C(=O)N[C@@H](CO)C(=O)N[C@@H](c1ccc(OC)cc1)[C@@H](NC(=O)OCc1ccccc1)C(=O)OCC[Si](C)(C)C)[C@H](O)C(N)=O)[C@H](C)O. The maximum atomic E-state index is 14.4. The largest absolute Gasteiger partial charge is 0.497 e. The van der Waals surface area contributed by atoms with E-state index >= 15 is 0 Å². The molecule has 0 heterocycles. The van der Waals surface area contributed by atoms with Gasteiger partial charge in [-0.05, 0) is 94.0 Å². The molecule has 2 aromatic carbocycles. The van der Waals surface area contributed by atoms with Crippen LogP contribution in [0.15, 0.2) is 59.6 Å². The van der Waals surface area contributed by atoms with Crippen LogP contribution in [0.5, 0.6) is 5.75 Å². The fourth-order valence-corrected chi connectivity index (χ4v) is 10.0. The van der Waals surface area contributed by atoms with Gasteiger partial charge in [-0.25, -0.2) is 14.4 Å². The Bertz CT molecular complexity index is 3070. The molecule has 0 spiro atoms. The number of hydrogen-bond acceptors (Lipinski definition) is 21. The number of alkyl carbamates (subject to hydrolysis) is 2. The lowest BCUT2D eigenvalue weighted by atomic mass is 9.96. The molecule has 35 heteroatoms. The number of aliphatic hydroxyl groups is 4. The van der Waals surface area contributed by atoms with Crippen molar-refractivity contribution in [3.05, 3.63) is 65.7 Å². The van der Waals surface area contributed by atoms with E-state index in [2.05, 4.69) is 52.8 Å². The first kappa shape index (κ1) is 86.9. The van der Waals surface area contributed by atoms with E-state index in [0.29, 0.717) is 17.4 Å². The Morgan fingerprint density at radius 2 is 1.16 bits per heavy atom. The van der Waals surface area contributed by atoms with E-state index in [0.717, 1.165) is 6.92 Å². The lowest BCUT2D eigenvalue weighted by Gasteiger charge is -2.31. The first-order chi connectivity index (χ1) is 46.6. The van der Waals surface area contributed by atoms with Crippen LogP contribution in [0.2, 0.25) is 25.7 Å². The summed E-state index contributed by atoms with van der Waals surface area (Å²) >= 11 is 0. The number of carbonyl (C=O) groups excluding carboxylic acids is 12. The van der Waals surface area contributed by atoms with Gasteiger partial charge in [-0.2, -0.15) is 0 Å². The molecule has 13 atom stereocenters. The Morgan fingerprint density at radius 3 is 1.69 bits per heavy atom. The Kier molecular flexibility index (Phi) is 36.5. The molecule has 0 aliphatic rings. The van der Waals surface area contributed by atoms with Crippen molar-refractivity contribution in [1.29, 1.82) is 0 Å². The normalized spacial score (nSPS) is 15.4. The predicted molar refractivity (Wildman–Crippen MR) is 368 cm³/mol. The van der Waals surface area contributed by atoms with Gasteiger partial charge in [-0.3, -0.25) is 48.1 Å². The minimum absolute atomic E-state index is 0.00980. The number of ether oxygens (including phenoxy) is 4. The summed E-state index contributed by atoms with van der Waals surface area (Å²) in [6.07, 6.45) is -7.72. The third-order valence-corrected chi connectivity index (χ3v) is 16.8. The molecule has 0 aliphatic carbocycles. The molecular weight excluding hydrogens is 1320 g/mol. The number of hydrogen-bond donors (Lipinski definition) is 17. The van der Waals surface area contributed by atoms with Crippen LogP contribution in [0.3, 0.4) is 0 Å². The monoisotopic (exact) mass is 1430 g/mol. The van der Waals surface area contributed by atoms with E-state index in [-0.39, 0.29) is 62.9 Å². The van der Waals surface area contributed by atoms with Gasteiger partial charge in [0.15, 0.2) is 18.1 Å². The van der Waals surface area contributed by atoms with Crippen molar-refractivity contribution in [1.82, 2.24) is 53.2 Å². The van der Waals surface area contributed by atoms with Crippen LogP contribution in [0.1, 0.15) is 112 Å². The number of methoxy groups -OCH3 is 1. The summed E-state index contributed by atoms with van der Waals surface area (Å²) in [4.78, 5) is 169. The van der Waals surface area contributed by atoms with E-state index in [9.17, 15) is 78.0 Å². The van der Waals surface area contributed by atoms with Crippen molar-refractivity contribution in [2.24, 2.45) is 39.9 Å². The first-order valence-corrected chi connectivity index (χ1v) is 36.5. The maximum Gasteiger partial charge on any atom is 0.408 e. The number of amides is 11. The zero-order chi connectivity index (χ0) is 75.9. The fourth-order valence-electron chi connectivity index (χ4n) is 9.29. The summed E-state index contributed by atoms with van der Waals surface area (Å²) in [5.41, 5.74) is 16.2. The molecule has 560 valence electrons.